The molecule has 0 radical (unpaired) electrons. The highest BCUT2D eigenvalue weighted by molar-refractivity contribution is 6.07. The van der Waals surface area contributed by atoms with Crippen molar-refractivity contribution in [3.63, 3.8) is 0 Å². The summed E-state index contributed by atoms with van der Waals surface area (Å²) in [5, 5.41) is 0. The van der Waals surface area contributed by atoms with E-state index in [1.807, 2.05) is 13.8 Å². The number of hydrogen-bond acceptors (Lipinski definition) is 1. The molecule has 0 unspecified atom stereocenters. The van der Waals surface area contributed by atoms with Gasteiger partial charge in [-0.1, -0.05) is 45.4 Å². The minimum atomic E-state index is -0.147. The van der Waals surface area contributed by atoms with Gasteiger partial charge in [-0.2, -0.15) is 0 Å². The minimum Gasteiger partial charge on any atom is -0.273 e. The molecule has 0 fully saturated rings. The highest BCUT2D eigenvalue weighted by Crippen LogP contribution is 2.20. The van der Waals surface area contributed by atoms with E-state index in [1.165, 1.54) is 38.5 Å². The second-order valence-corrected chi connectivity index (χ2v) is 4.51. The van der Waals surface area contributed by atoms with Crippen molar-refractivity contribution in [1.82, 2.24) is 0 Å². The van der Waals surface area contributed by atoms with Gasteiger partial charge in [0.1, 0.15) is 0 Å². The highest BCUT2D eigenvalue weighted by Gasteiger charge is 2.16. The van der Waals surface area contributed by atoms with Crippen LogP contribution in [0.3, 0.4) is 0 Å². The summed E-state index contributed by atoms with van der Waals surface area (Å²) in [6, 6.07) is 0. The van der Waals surface area contributed by atoms with Crippen LogP contribution in [-0.2, 0) is 4.29 Å². The second-order valence-electron chi connectivity index (χ2n) is 4.35. The lowest BCUT2D eigenvalue weighted by Gasteiger charge is -2.19. The number of rotatable bonds is 8. The normalized spacial score (nSPS) is 12.0. The van der Waals surface area contributed by atoms with Gasteiger partial charge in [0.15, 0.2) is 0 Å². The summed E-state index contributed by atoms with van der Waals surface area (Å²) >= 11 is 5.36. The third kappa shape index (κ3) is 8.58. The highest BCUT2D eigenvalue weighted by atomic mass is 35.5. The van der Waals surface area contributed by atoms with Gasteiger partial charge in [-0.25, -0.2) is 0 Å². The molecule has 2 heteroatoms. The molecule has 0 N–H and O–H groups in total. The van der Waals surface area contributed by atoms with Gasteiger partial charge < -0.3 is 0 Å². The molecule has 80 valence electrons. The Morgan fingerprint density at radius 3 is 2.08 bits per heavy atom. The summed E-state index contributed by atoms with van der Waals surface area (Å²) in [6.45, 7) is 6.31. The molecule has 0 bridgehead atoms. The van der Waals surface area contributed by atoms with Gasteiger partial charge >= 0.3 is 0 Å². The lowest BCUT2D eigenvalue weighted by atomic mass is 10.00. The molecule has 13 heavy (non-hydrogen) atoms. The van der Waals surface area contributed by atoms with Gasteiger partial charge in [0.25, 0.3) is 0 Å². The second kappa shape index (κ2) is 7.64. The Bertz CT molecular complexity index is 113. The number of halogens is 1. The molecular formula is C11H23ClO. The van der Waals surface area contributed by atoms with Crippen molar-refractivity contribution in [1.29, 1.82) is 0 Å². The Balaban J connectivity index is 3.16. The third-order valence-electron chi connectivity index (χ3n) is 2.34. The first-order chi connectivity index (χ1) is 6.12. The molecule has 0 saturated heterocycles. The van der Waals surface area contributed by atoms with E-state index in [9.17, 15) is 0 Å². The predicted octanol–water partition coefficient (Wildman–Crippen LogP) is 4.69. The van der Waals surface area contributed by atoms with E-state index < -0.39 is 0 Å². The van der Waals surface area contributed by atoms with E-state index in [1.54, 1.807) is 0 Å². The van der Waals surface area contributed by atoms with E-state index in [0.717, 1.165) is 6.42 Å². The molecule has 0 saturated carbocycles. The van der Waals surface area contributed by atoms with Crippen LogP contribution in [0.25, 0.3) is 0 Å². The third-order valence-corrected chi connectivity index (χ3v) is 2.76. The molecule has 0 aromatic rings. The fourth-order valence-corrected chi connectivity index (χ4v) is 1.45. The van der Waals surface area contributed by atoms with Crippen molar-refractivity contribution >= 4 is 11.9 Å². The first-order valence-corrected chi connectivity index (χ1v) is 5.73. The maximum atomic E-state index is 5.36. The summed E-state index contributed by atoms with van der Waals surface area (Å²) in [5.74, 6) is 0. The summed E-state index contributed by atoms with van der Waals surface area (Å²) in [6.07, 6.45) is 9.01. The van der Waals surface area contributed by atoms with Crippen molar-refractivity contribution in [3.05, 3.63) is 0 Å². The molecule has 0 aliphatic carbocycles. The standard InChI is InChI=1S/C11H23ClO/c1-4-5-6-7-8-9-10-11(2,3)13-12/h4-10H2,1-3H3. The van der Waals surface area contributed by atoms with E-state index >= 15 is 0 Å². The molecular weight excluding hydrogens is 184 g/mol. The predicted molar refractivity (Wildman–Crippen MR) is 59.0 cm³/mol. The van der Waals surface area contributed by atoms with Crippen LogP contribution in [0.15, 0.2) is 0 Å². The molecule has 0 amide bonds. The molecule has 0 rings (SSSR count). The smallest absolute Gasteiger partial charge is 0.0841 e. The molecule has 0 aliphatic rings. The fourth-order valence-electron chi connectivity index (χ4n) is 1.37. The first-order valence-electron chi connectivity index (χ1n) is 5.42. The molecule has 0 aromatic heterocycles. The zero-order chi connectivity index (χ0) is 10.2. The van der Waals surface area contributed by atoms with Gasteiger partial charge in [-0.15, -0.1) is 0 Å². The quantitative estimate of drug-likeness (QED) is 0.524. The van der Waals surface area contributed by atoms with E-state index in [4.69, 9.17) is 16.2 Å². The van der Waals surface area contributed by atoms with Crippen molar-refractivity contribution in [2.24, 2.45) is 0 Å². The van der Waals surface area contributed by atoms with Gasteiger partial charge in [-0.05, 0) is 20.3 Å². The lowest BCUT2D eigenvalue weighted by molar-refractivity contribution is 0.110. The molecule has 0 atom stereocenters. The Labute approximate surface area is 88.0 Å². The average Bonchev–Trinajstić information content (AvgIpc) is 2.11. The largest absolute Gasteiger partial charge is 0.273 e. The average molecular weight is 207 g/mol. The van der Waals surface area contributed by atoms with Crippen LogP contribution >= 0.6 is 11.9 Å². The molecule has 0 aromatic carbocycles. The maximum Gasteiger partial charge on any atom is 0.0841 e. The Hall–Kier alpha value is 0.250. The minimum absolute atomic E-state index is 0.147. The fraction of sp³-hybridized carbons (Fsp3) is 1.00. The van der Waals surface area contributed by atoms with Crippen LogP contribution in [0.2, 0.25) is 0 Å². The van der Waals surface area contributed by atoms with Gasteiger partial charge in [-0.3, -0.25) is 4.29 Å². The Morgan fingerprint density at radius 2 is 1.54 bits per heavy atom. The van der Waals surface area contributed by atoms with E-state index in [-0.39, 0.29) is 5.60 Å². The topological polar surface area (TPSA) is 9.23 Å². The SMILES string of the molecule is CCCCCCCCC(C)(C)OCl. The monoisotopic (exact) mass is 206 g/mol. The zero-order valence-corrected chi connectivity index (χ0v) is 9.99. The molecule has 0 heterocycles. The van der Waals surface area contributed by atoms with Crippen LogP contribution in [-0.4, -0.2) is 5.60 Å². The van der Waals surface area contributed by atoms with Crippen molar-refractivity contribution < 1.29 is 4.29 Å². The summed E-state index contributed by atoms with van der Waals surface area (Å²) in [7, 11) is 0. The first kappa shape index (κ1) is 13.2. The summed E-state index contributed by atoms with van der Waals surface area (Å²) < 4.78 is 4.84. The van der Waals surface area contributed by atoms with E-state index in [2.05, 4.69) is 6.92 Å². The van der Waals surface area contributed by atoms with Crippen molar-refractivity contribution in [2.75, 3.05) is 0 Å². The maximum absolute atomic E-state index is 5.36. The lowest BCUT2D eigenvalue weighted by Crippen LogP contribution is -2.19. The summed E-state index contributed by atoms with van der Waals surface area (Å²) in [5.41, 5.74) is -0.147. The van der Waals surface area contributed by atoms with Gasteiger partial charge in [0.2, 0.25) is 0 Å². The van der Waals surface area contributed by atoms with Crippen LogP contribution in [0.4, 0.5) is 0 Å². The Kier molecular flexibility index (Phi) is 7.78. The molecule has 0 aliphatic heterocycles. The summed E-state index contributed by atoms with van der Waals surface area (Å²) in [4.78, 5) is 0. The molecule has 1 nitrogen and oxygen atoms in total. The number of hydrogen-bond donors (Lipinski definition) is 0. The van der Waals surface area contributed by atoms with Crippen LogP contribution in [0, 0.1) is 0 Å². The van der Waals surface area contributed by atoms with Crippen molar-refractivity contribution in [2.45, 2.75) is 71.3 Å². The number of unbranched alkanes of at least 4 members (excludes halogenated alkanes) is 5. The van der Waals surface area contributed by atoms with Crippen LogP contribution < -0.4 is 0 Å². The van der Waals surface area contributed by atoms with Gasteiger partial charge in [0, 0.05) is 0 Å². The van der Waals surface area contributed by atoms with Crippen LogP contribution in [0.5, 0.6) is 0 Å². The molecule has 0 spiro atoms. The Morgan fingerprint density at radius 1 is 1.00 bits per heavy atom. The zero-order valence-electron chi connectivity index (χ0n) is 9.24. The van der Waals surface area contributed by atoms with Crippen LogP contribution in [0.1, 0.15) is 65.7 Å². The van der Waals surface area contributed by atoms with Gasteiger partial charge in [0.05, 0.1) is 17.5 Å². The van der Waals surface area contributed by atoms with E-state index in [0.29, 0.717) is 0 Å². The van der Waals surface area contributed by atoms with Crippen molar-refractivity contribution in [3.8, 4) is 0 Å².